The van der Waals surface area contributed by atoms with Crippen LogP contribution in [-0.4, -0.2) is 33.9 Å². The van der Waals surface area contributed by atoms with E-state index in [0.717, 1.165) is 18.2 Å². The van der Waals surface area contributed by atoms with E-state index in [9.17, 15) is 35.9 Å². The lowest BCUT2D eigenvalue weighted by atomic mass is 10.1. The number of amides is 2. The van der Waals surface area contributed by atoms with Crippen LogP contribution in [0.1, 0.15) is 13.3 Å². The van der Waals surface area contributed by atoms with Gasteiger partial charge >= 0.3 is 12.5 Å². The number of hydrogen-bond donors (Lipinski definition) is 2. The molecule has 146 valence electrons. The number of carbonyl (C=O) groups excluding carboxylic acids is 2. The molecule has 3 rings (SSSR count). The van der Waals surface area contributed by atoms with E-state index in [1.54, 1.807) is 5.32 Å². The molecule has 0 bridgehead atoms. The van der Waals surface area contributed by atoms with Crippen molar-refractivity contribution < 1.29 is 40.7 Å². The van der Waals surface area contributed by atoms with Gasteiger partial charge in [-0.25, -0.2) is 4.98 Å². The molecule has 1 atom stereocenters. The Morgan fingerprint density at radius 3 is 2.52 bits per heavy atom. The van der Waals surface area contributed by atoms with Crippen LogP contribution in [0.4, 0.5) is 32.3 Å². The SMILES string of the molecule is CCC(=O)NC1(C(F)(F)F)C(=O)Nc2nc3c(OC(F)(F)F)cccc3n21. The Morgan fingerprint density at radius 1 is 1.30 bits per heavy atom. The number of hydrogen-bond acceptors (Lipinski definition) is 4. The molecule has 27 heavy (non-hydrogen) atoms. The number of ether oxygens (including phenoxy) is 1. The van der Waals surface area contributed by atoms with Gasteiger partial charge in [-0.05, 0) is 12.1 Å². The van der Waals surface area contributed by atoms with Gasteiger partial charge in [0.15, 0.2) is 5.75 Å². The third kappa shape index (κ3) is 2.82. The molecule has 0 saturated carbocycles. The molecule has 1 aliphatic rings. The second-order valence-corrected chi connectivity index (χ2v) is 5.51. The van der Waals surface area contributed by atoms with Gasteiger partial charge in [0.05, 0.1) is 5.52 Å². The van der Waals surface area contributed by atoms with E-state index >= 15 is 0 Å². The lowest BCUT2D eigenvalue weighted by Gasteiger charge is -2.31. The first-order valence-electron chi connectivity index (χ1n) is 7.37. The van der Waals surface area contributed by atoms with E-state index in [1.807, 2.05) is 5.32 Å². The number of nitrogens with zero attached hydrogens (tertiary/aromatic N) is 2. The second-order valence-electron chi connectivity index (χ2n) is 5.51. The van der Waals surface area contributed by atoms with Gasteiger partial charge in [-0.2, -0.15) is 13.2 Å². The van der Waals surface area contributed by atoms with Gasteiger partial charge in [0.1, 0.15) is 5.52 Å². The van der Waals surface area contributed by atoms with E-state index in [2.05, 4.69) is 9.72 Å². The number of nitrogens with one attached hydrogen (secondary N) is 2. The number of halogens is 6. The van der Waals surface area contributed by atoms with Crippen LogP contribution >= 0.6 is 0 Å². The number of imidazole rings is 1. The zero-order valence-corrected chi connectivity index (χ0v) is 13.3. The number of fused-ring (bicyclic) bond motifs is 3. The molecule has 0 spiro atoms. The number of carbonyl (C=O) groups is 2. The van der Waals surface area contributed by atoms with Crippen molar-refractivity contribution in [3.63, 3.8) is 0 Å². The molecule has 7 nitrogen and oxygen atoms in total. The molecule has 13 heteroatoms. The fourth-order valence-corrected chi connectivity index (χ4v) is 2.73. The predicted octanol–water partition coefficient (Wildman–Crippen LogP) is 2.63. The van der Waals surface area contributed by atoms with E-state index in [-0.39, 0.29) is 6.42 Å². The van der Waals surface area contributed by atoms with Crippen LogP contribution in [0.2, 0.25) is 0 Å². The van der Waals surface area contributed by atoms with Crippen molar-refractivity contribution in [2.24, 2.45) is 0 Å². The molecular weight excluding hydrogens is 386 g/mol. The lowest BCUT2D eigenvalue weighted by Crippen LogP contribution is -2.63. The zero-order valence-electron chi connectivity index (χ0n) is 13.3. The van der Waals surface area contributed by atoms with Crippen LogP contribution in [0.25, 0.3) is 11.0 Å². The minimum atomic E-state index is -5.32. The number of para-hydroxylation sites is 1. The quantitative estimate of drug-likeness (QED) is 0.782. The topological polar surface area (TPSA) is 85.2 Å². The van der Waals surface area contributed by atoms with Gasteiger partial charge < -0.3 is 10.1 Å². The number of anilines is 1. The van der Waals surface area contributed by atoms with Gasteiger partial charge in [0.25, 0.3) is 11.6 Å². The molecule has 1 aromatic carbocycles. The Bertz CT molecular complexity index is 935. The first-order chi connectivity index (χ1) is 12.4. The Balaban J connectivity index is 2.28. The molecule has 0 radical (unpaired) electrons. The summed E-state index contributed by atoms with van der Waals surface area (Å²) in [5.41, 5.74) is -4.61. The molecule has 2 N–H and O–H groups in total. The molecule has 2 heterocycles. The van der Waals surface area contributed by atoms with Gasteiger partial charge in [-0.1, -0.05) is 13.0 Å². The van der Waals surface area contributed by atoms with Gasteiger partial charge in [-0.3, -0.25) is 19.5 Å². The smallest absolute Gasteiger partial charge is 0.403 e. The third-order valence-electron chi connectivity index (χ3n) is 3.81. The summed E-state index contributed by atoms with van der Waals surface area (Å²) >= 11 is 0. The van der Waals surface area contributed by atoms with Crippen molar-refractivity contribution in [3.05, 3.63) is 18.2 Å². The van der Waals surface area contributed by atoms with E-state index in [1.165, 1.54) is 6.92 Å². The molecule has 2 amide bonds. The second kappa shape index (κ2) is 5.76. The standard InChI is InChI=1S/C14H10F6N4O3/c1-2-8(25)23-12(13(15,16)17)10(26)22-11-21-9-6(24(11)12)4-3-5-7(9)27-14(18,19)20/h3-5H,2H2,1H3,(H,23,25)(H,21,22,26). The van der Waals surface area contributed by atoms with Crippen molar-refractivity contribution in [1.29, 1.82) is 0 Å². The van der Waals surface area contributed by atoms with Crippen LogP contribution in [0, 0.1) is 0 Å². The third-order valence-corrected chi connectivity index (χ3v) is 3.81. The maximum absolute atomic E-state index is 13.9. The maximum Gasteiger partial charge on any atom is 0.573 e. The first kappa shape index (κ1) is 18.8. The monoisotopic (exact) mass is 396 g/mol. The lowest BCUT2D eigenvalue weighted by molar-refractivity contribution is -0.274. The predicted molar refractivity (Wildman–Crippen MR) is 77.5 cm³/mol. The highest BCUT2D eigenvalue weighted by Crippen LogP contribution is 2.45. The van der Waals surface area contributed by atoms with Crippen molar-refractivity contribution in [2.75, 3.05) is 5.32 Å². The van der Waals surface area contributed by atoms with Crippen LogP contribution < -0.4 is 15.4 Å². The first-order valence-corrected chi connectivity index (χ1v) is 7.37. The molecule has 2 aromatic rings. The van der Waals surface area contributed by atoms with Crippen LogP contribution in [-0.2, 0) is 15.3 Å². The Labute approximate surface area is 146 Å². The summed E-state index contributed by atoms with van der Waals surface area (Å²) in [6, 6.07) is 2.89. The average Bonchev–Trinajstić information content (AvgIpc) is 3.01. The number of aromatic nitrogens is 2. The van der Waals surface area contributed by atoms with Crippen LogP contribution in [0.3, 0.4) is 0 Å². The molecular formula is C14H10F6N4O3. The van der Waals surface area contributed by atoms with Gasteiger partial charge in [-0.15, -0.1) is 13.2 Å². The largest absolute Gasteiger partial charge is 0.573 e. The molecule has 1 unspecified atom stereocenters. The number of rotatable bonds is 3. The summed E-state index contributed by atoms with van der Waals surface area (Å²) in [5.74, 6) is -4.26. The summed E-state index contributed by atoms with van der Waals surface area (Å²) in [4.78, 5) is 27.5. The van der Waals surface area contributed by atoms with Gasteiger partial charge in [0.2, 0.25) is 11.9 Å². The zero-order chi connectivity index (χ0) is 20.2. The minimum absolute atomic E-state index is 0.307. The minimum Gasteiger partial charge on any atom is -0.403 e. The molecule has 0 saturated heterocycles. The van der Waals surface area contributed by atoms with E-state index in [0.29, 0.717) is 4.57 Å². The van der Waals surface area contributed by atoms with Crippen molar-refractivity contribution in [3.8, 4) is 5.75 Å². The fourth-order valence-electron chi connectivity index (χ4n) is 2.73. The van der Waals surface area contributed by atoms with Crippen molar-refractivity contribution >= 4 is 28.8 Å². The van der Waals surface area contributed by atoms with Gasteiger partial charge in [0, 0.05) is 6.42 Å². The highest BCUT2D eigenvalue weighted by molar-refractivity contribution is 6.05. The maximum atomic E-state index is 13.9. The fraction of sp³-hybridized carbons (Fsp3) is 0.357. The molecule has 0 fully saturated rings. The summed E-state index contributed by atoms with van der Waals surface area (Å²) in [6.07, 6.45) is -10.8. The highest BCUT2D eigenvalue weighted by atomic mass is 19.4. The Morgan fingerprint density at radius 2 is 1.96 bits per heavy atom. The summed E-state index contributed by atoms with van der Waals surface area (Å²) in [7, 11) is 0. The normalized spacial score (nSPS) is 19.7. The summed E-state index contributed by atoms with van der Waals surface area (Å²) in [6.45, 7) is 1.27. The number of alkyl halides is 6. The van der Waals surface area contributed by atoms with Crippen molar-refractivity contribution in [2.45, 2.75) is 31.5 Å². The van der Waals surface area contributed by atoms with E-state index in [4.69, 9.17) is 0 Å². The Kier molecular flexibility index (Phi) is 4.01. The molecule has 1 aliphatic heterocycles. The van der Waals surface area contributed by atoms with Crippen LogP contribution in [0.5, 0.6) is 5.75 Å². The van der Waals surface area contributed by atoms with E-state index < -0.39 is 52.7 Å². The molecule has 1 aromatic heterocycles. The average molecular weight is 396 g/mol. The Hall–Kier alpha value is -2.99. The van der Waals surface area contributed by atoms with Crippen LogP contribution in [0.15, 0.2) is 18.2 Å². The number of benzene rings is 1. The van der Waals surface area contributed by atoms with Crippen molar-refractivity contribution in [1.82, 2.24) is 14.9 Å². The highest BCUT2D eigenvalue weighted by Gasteiger charge is 2.67. The summed E-state index contributed by atoms with van der Waals surface area (Å²) in [5, 5.41) is 3.46. The summed E-state index contributed by atoms with van der Waals surface area (Å²) < 4.78 is 83.3. The molecule has 0 aliphatic carbocycles.